The van der Waals surface area contributed by atoms with E-state index in [0.717, 1.165) is 11.1 Å². The van der Waals surface area contributed by atoms with Crippen molar-refractivity contribution >= 4 is 18.0 Å². The van der Waals surface area contributed by atoms with Crippen molar-refractivity contribution in [2.24, 2.45) is 11.3 Å². The van der Waals surface area contributed by atoms with Crippen molar-refractivity contribution in [3.8, 4) is 11.1 Å². The number of ether oxygens (including phenoxy) is 2. The molecule has 2 atom stereocenters. The average molecular weight is 465 g/mol. The highest BCUT2D eigenvalue weighted by Gasteiger charge is 2.50. The number of carboxylic acids is 1. The quantitative estimate of drug-likeness (QED) is 0.554. The smallest absolute Gasteiger partial charge is 0.407 e. The van der Waals surface area contributed by atoms with Crippen LogP contribution in [0.1, 0.15) is 36.3 Å². The maximum absolute atomic E-state index is 12.7. The zero-order valence-electron chi connectivity index (χ0n) is 18.8. The summed E-state index contributed by atoms with van der Waals surface area (Å²) >= 11 is 0. The van der Waals surface area contributed by atoms with Gasteiger partial charge in [0.25, 0.3) is 0 Å². The van der Waals surface area contributed by atoms with Gasteiger partial charge >= 0.3 is 12.1 Å². The minimum atomic E-state index is -1.00. The molecule has 2 aromatic rings. The van der Waals surface area contributed by atoms with E-state index in [0.29, 0.717) is 25.9 Å². The Balaban J connectivity index is 1.12. The van der Waals surface area contributed by atoms with Gasteiger partial charge in [0.1, 0.15) is 6.61 Å². The van der Waals surface area contributed by atoms with E-state index in [2.05, 4.69) is 34.9 Å². The van der Waals surface area contributed by atoms with Crippen LogP contribution < -0.4 is 10.6 Å². The third-order valence-electron chi connectivity index (χ3n) is 7.23. The summed E-state index contributed by atoms with van der Waals surface area (Å²) in [7, 11) is 0. The first-order valence-electron chi connectivity index (χ1n) is 11.7. The molecule has 2 aromatic carbocycles. The lowest BCUT2D eigenvalue weighted by Crippen LogP contribution is -2.43. The van der Waals surface area contributed by atoms with E-state index in [1.807, 2.05) is 24.3 Å². The summed E-state index contributed by atoms with van der Waals surface area (Å²) in [5.74, 6) is -1.43. The minimum absolute atomic E-state index is 0.0212. The Kier molecular flexibility index (Phi) is 6.00. The number of rotatable bonds is 8. The van der Waals surface area contributed by atoms with E-state index >= 15 is 0 Å². The second-order valence-corrected chi connectivity index (χ2v) is 9.35. The van der Waals surface area contributed by atoms with Crippen molar-refractivity contribution in [3.05, 3.63) is 59.7 Å². The molecule has 3 aliphatic rings. The van der Waals surface area contributed by atoms with Crippen LogP contribution in [0.3, 0.4) is 0 Å². The van der Waals surface area contributed by atoms with E-state index in [4.69, 9.17) is 9.47 Å². The zero-order valence-corrected chi connectivity index (χ0v) is 18.8. The van der Waals surface area contributed by atoms with Gasteiger partial charge < -0.3 is 25.2 Å². The van der Waals surface area contributed by atoms with Gasteiger partial charge in [0.15, 0.2) is 6.10 Å². The molecular weight excluding hydrogens is 436 g/mol. The number of aliphatic carboxylic acids is 1. The normalized spacial score (nSPS) is 21.9. The molecule has 5 rings (SSSR count). The van der Waals surface area contributed by atoms with Crippen molar-refractivity contribution in [1.82, 2.24) is 10.6 Å². The Morgan fingerprint density at radius 3 is 2.26 bits per heavy atom. The number of benzene rings is 2. The van der Waals surface area contributed by atoms with E-state index in [1.165, 1.54) is 11.1 Å². The molecule has 0 bridgehead atoms. The molecule has 34 heavy (non-hydrogen) atoms. The summed E-state index contributed by atoms with van der Waals surface area (Å²) in [6.07, 6.45) is 0.519. The molecule has 1 saturated carbocycles. The van der Waals surface area contributed by atoms with Gasteiger partial charge in [0.2, 0.25) is 5.91 Å². The molecule has 1 aliphatic heterocycles. The Bertz CT molecular complexity index is 1070. The number of hydrogen-bond donors (Lipinski definition) is 3. The summed E-state index contributed by atoms with van der Waals surface area (Å²) in [5.41, 5.74) is 3.97. The van der Waals surface area contributed by atoms with Gasteiger partial charge in [-0.1, -0.05) is 48.5 Å². The van der Waals surface area contributed by atoms with Crippen LogP contribution in [-0.2, 0) is 19.1 Å². The lowest BCUT2D eigenvalue weighted by Gasteiger charge is -2.20. The molecule has 8 nitrogen and oxygen atoms in total. The number of nitrogens with one attached hydrogen (secondary N) is 2. The third kappa shape index (κ3) is 4.25. The van der Waals surface area contributed by atoms with Gasteiger partial charge in [-0.15, -0.1) is 0 Å². The predicted molar refractivity (Wildman–Crippen MR) is 123 cm³/mol. The first kappa shape index (κ1) is 22.4. The molecule has 2 fully saturated rings. The van der Waals surface area contributed by atoms with Crippen LogP contribution in [0.25, 0.3) is 11.1 Å². The first-order chi connectivity index (χ1) is 16.5. The number of amides is 2. The molecule has 2 amide bonds. The molecule has 0 spiro atoms. The molecule has 0 unspecified atom stereocenters. The molecule has 2 aliphatic carbocycles. The summed E-state index contributed by atoms with van der Waals surface area (Å²) in [4.78, 5) is 36.4. The van der Waals surface area contributed by atoms with Crippen LogP contribution in [0.15, 0.2) is 48.5 Å². The maximum Gasteiger partial charge on any atom is 0.407 e. The van der Waals surface area contributed by atoms with Crippen LogP contribution in [-0.4, -0.2) is 55.5 Å². The number of alkyl carbamates (subject to hydrolysis) is 1. The van der Waals surface area contributed by atoms with Crippen LogP contribution in [0.5, 0.6) is 0 Å². The second-order valence-electron chi connectivity index (χ2n) is 9.35. The van der Waals surface area contributed by atoms with Gasteiger partial charge in [0, 0.05) is 31.5 Å². The fourth-order valence-corrected chi connectivity index (χ4v) is 5.05. The fourth-order valence-electron chi connectivity index (χ4n) is 5.05. The summed E-state index contributed by atoms with van der Waals surface area (Å²) < 4.78 is 10.8. The second kappa shape index (κ2) is 9.10. The Morgan fingerprint density at radius 2 is 1.65 bits per heavy atom. The van der Waals surface area contributed by atoms with Crippen LogP contribution >= 0.6 is 0 Å². The van der Waals surface area contributed by atoms with Gasteiger partial charge in [-0.2, -0.15) is 0 Å². The zero-order chi connectivity index (χ0) is 23.7. The molecule has 3 N–H and O–H groups in total. The predicted octanol–water partition coefficient (Wildman–Crippen LogP) is 2.91. The number of hydrogen-bond acceptors (Lipinski definition) is 5. The van der Waals surface area contributed by atoms with Crippen molar-refractivity contribution in [1.29, 1.82) is 0 Å². The number of fused-ring (bicyclic) bond motifs is 3. The third-order valence-corrected chi connectivity index (χ3v) is 7.23. The topological polar surface area (TPSA) is 114 Å². The summed E-state index contributed by atoms with van der Waals surface area (Å²) in [5, 5.41) is 14.8. The largest absolute Gasteiger partial charge is 0.479 e. The van der Waals surface area contributed by atoms with Crippen LogP contribution in [0.2, 0.25) is 0 Å². The van der Waals surface area contributed by atoms with E-state index in [-0.39, 0.29) is 37.4 Å². The SMILES string of the molecule is O=C(NCC1(C(=O)NC[C@H]2CCO[C@H]2C(=O)O)CC1)OCC1c2ccccc2-c2ccccc21. The van der Waals surface area contributed by atoms with Gasteiger partial charge in [-0.25, -0.2) is 9.59 Å². The minimum Gasteiger partial charge on any atom is -0.479 e. The number of carbonyl (C=O) groups excluding carboxylic acids is 2. The maximum atomic E-state index is 12.7. The van der Waals surface area contributed by atoms with Crippen molar-refractivity contribution in [2.45, 2.75) is 31.3 Å². The molecule has 0 radical (unpaired) electrons. The molecule has 0 aromatic heterocycles. The van der Waals surface area contributed by atoms with Crippen LogP contribution in [0, 0.1) is 11.3 Å². The molecule has 178 valence electrons. The first-order valence-corrected chi connectivity index (χ1v) is 11.7. The van der Waals surface area contributed by atoms with Gasteiger partial charge in [-0.3, -0.25) is 4.79 Å². The van der Waals surface area contributed by atoms with Gasteiger partial charge in [-0.05, 0) is 41.5 Å². The molecule has 1 heterocycles. The average Bonchev–Trinajstić information content (AvgIpc) is 3.37. The highest BCUT2D eigenvalue weighted by molar-refractivity contribution is 5.86. The van der Waals surface area contributed by atoms with Crippen molar-refractivity contribution in [2.75, 3.05) is 26.3 Å². The highest BCUT2D eigenvalue weighted by Crippen LogP contribution is 2.46. The molecular formula is C26H28N2O6. The van der Waals surface area contributed by atoms with E-state index < -0.39 is 23.6 Å². The Labute approximate surface area is 197 Å². The summed E-state index contributed by atoms with van der Waals surface area (Å²) in [6.45, 7) is 1.05. The summed E-state index contributed by atoms with van der Waals surface area (Å²) in [6, 6.07) is 16.3. The van der Waals surface area contributed by atoms with Gasteiger partial charge in [0.05, 0.1) is 5.41 Å². The van der Waals surface area contributed by atoms with Crippen LogP contribution in [0.4, 0.5) is 4.79 Å². The highest BCUT2D eigenvalue weighted by atomic mass is 16.5. The molecule has 1 saturated heterocycles. The van der Waals surface area contributed by atoms with Crippen molar-refractivity contribution in [3.63, 3.8) is 0 Å². The monoisotopic (exact) mass is 464 g/mol. The standard InChI is InChI=1S/C26H28N2O6/c29-23(30)22-16(9-12-33-22)13-27-24(31)26(10-11-26)15-28-25(32)34-14-21-19-7-3-1-5-17(19)18-6-2-4-8-20(18)21/h1-8,16,21-22H,9-15H2,(H,27,31)(H,28,32)(H,29,30)/t16-,22-/m1/s1. The number of carboxylic acid groups (broad SMARTS) is 1. The lowest BCUT2D eigenvalue weighted by atomic mass is 9.98. The van der Waals surface area contributed by atoms with Crippen molar-refractivity contribution < 1.29 is 29.0 Å². The van der Waals surface area contributed by atoms with E-state index in [1.54, 1.807) is 0 Å². The van der Waals surface area contributed by atoms with E-state index in [9.17, 15) is 19.5 Å². The lowest BCUT2D eigenvalue weighted by molar-refractivity contribution is -0.149. The number of carbonyl (C=O) groups is 3. The fraction of sp³-hybridized carbons (Fsp3) is 0.423. The Morgan fingerprint density at radius 1 is 1.00 bits per heavy atom. The Hall–Kier alpha value is -3.39. The molecule has 8 heteroatoms.